The third-order valence-electron chi connectivity index (χ3n) is 4.31. The maximum absolute atomic E-state index is 11.5. The second kappa shape index (κ2) is 6.12. The summed E-state index contributed by atoms with van der Waals surface area (Å²) in [5.41, 5.74) is -0.222. The van der Waals surface area contributed by atoms with E-state index in [1.165, 1.54) is 6.26 Å². The van der Waals surface area contributed by atoms with Gasteiger partial charge in [-0.05, 0) is 32.6 Å². The highest BCUT2D eigenvalue weighted by Crippen LogP contribution is 2.45. The predicted octanol–water partition coefficient (Wildman–Crippen LogP) is 0.545. The van der Waals surface area contributed by atoms with E-state index in [1.54, 1.807) is 7.05 Å². The Bertz CT molecular complexity index is 492. The Morgan fingerprint density at radius 1 is 1.24 bits per heavy atom. The highest BCUT2D eigenvalue weighted by atomic mass is 32.2. The summed E-state index contributed by atoms with van der Waals surface area (Å²) in [5.74, 6) is 0.969. The summed E-state index contributed by atoms with van der Waals surface area (Å²) < 4.78 is 28.6. The number of hydrogen-bond acceptors (Lipinski definition) is 4. The minimum atomic E-state index is -2.93. The van der Waals surface area contributed by atoms with Crippen molar-refractivity contribution < 1.29 is 13.2 Å². The van der Waals surface area contributed by atoms with Gasteiger partial charge in [-0.15, -0.1) is 0 Å². The molecule has 1 unspecified atom stereocenters. The van der Waals surface area contributed by atoms with Crippen LogP contribution >= 0.6 is 0 Å². The van der Waals surface area contributed by atoms with Crippen molar-refractivity contribution in [1.82, 2.24) is 10.6 Å². The number of rotatable bonds is 6. The first-order valence-corrected chi connectivity index (χ1v) is 9.58. The highest BCUT2D eigenvalue weighted by molar-refractivity contribution is 7.90. The van der Waals surface area contributed by atoms with Gasteiger partial charge in [-0.1, -0.05) is 0 Å². The van der Waals surface area contributed by atoms with E-state index in [2.05, 4.69) is 22.5 Å². The standard InChI is InChI=1S/C14H27N3O3S/c1-13(5-4-8-20-13)9-16-12(15-2)17-10-14(6-7-14)11-21(3,18)19/h4-11H2,1-3H3,(H2,15,16,17). The molecule has 0 aromatic heterocycles. The van der Waals surface area contributed by atoms with Gasteiger partial charge in [0.15, 0.2) is 5.96 Å². The van der Waals surface area contributed by atoms with Crippen molar-refractivity contribution in [1.29, 1.82) is 0 Å². The van der Waals surface area contributed by atoms with Crippen LogP contribution in [0, 0.1) is 5.41 Å². The van der Waals surface area contributed by atoms with Crippen molar-refractivity contribution in [2.45, 2.75) is 38.2 Å². The highest BCUT2D eigenvalue weighted by Gasteiger charge is 2.45. The van der Waals surface area contributed by atoms with Gasteiger partial charge in [-0.3, -0.25) is 4.99 Å². The molecule has 7 heteroatoms. The molecule has 0 aromatic rings. The molecule has 0 aromatic carbocycles. The maximum Gasteiger partial charge on any atom is 0.191 e. The molecule has 122 valence electrons. The molecule has 1 saturated heterocycles. The molecule has 0 spiro atoms. The van der Waals surface area contributed by atoms with Gasteiger partial charge in [0.2, 0.25) is 0 Å². The number of ether oxygens (including phenoxy) is 1. The normalized spacial score (nSPS) is 28.4. The summed E-state index contributed by atoms with van der Waals surface area (Å²) in [5, 5.41) is 6.53. The lowest BCUT2D eigenvalue weighted by Crippen LogP contribution is -2.47. The van der Waals surface area contributed by atoms with Gasteiger partial charge in [0.05, 0.1) is 11.4 Å². The lowest BCUT2D eigenvalue weighted by molar-refractivity contribution is 0.0242. The molecule has 2 rings (SSSR count). The van der Waals surface area contributed by atoms with Crippen molar-refractivity contribution in [3.63, 3.8) is 0 Å². The van der Waals surface area contributed by atoms with Crippen LogP contribution in [0.3, 0.4) is 0 Å². The van der Waals surface area contributed by atoms with Gasteiger partial charge in [0.25, 0.3) is 0 Å². The Balaban J connectivity index is 1.78. The predicted molar refractivity (Wildman–Crippen MR) is 84.3 cm³/mol. The minimum absolute atomic E-state index is 0.0983. The molecule has 1 saturated carbocycles. The van der Waals surface area contributed by atoms with Crippen LogP contribution in [-0.2, 0) is 14.6 Å². The van der Waals surface area contributed by atoms with Crippen molar-refractivity contribution in [2.24, 2.45) is 10.4 Å². The second-order valence-corrected chi connectivity index (χ2v) is 8.89. The lowest BCUT2D eigenvalue weighted by atomic mass is 10.0. The fourth-order valence-electron chi connectivity index (χ4n) is 2.84. The third kappa shape index (κ3) is 5.14. The van der Waals surface area contributed by atoms with Gasteiger partial charge < -0.3 is 15.4 Å². The first-order valence-electron chi connectivity index (χ1n) is 7.52. The average molecular weight is 317 g/mol. The fourth-order valence-corrected chi connectivity index (χ4v) is 4.35. The zero-order valence-electron chi connectivity index (χ0n) is 13.2. The maximum atomic E-state index is 11.5. The summed E-state index contributed by atoms with van der Waals surface area (Å²) in [7, 11) is -1.20. The quantitative estimate of drug-likeness (QED) is 0.552. The molecular weight excluding hydrogens is 290 g/mol. The molecule has 2 fully saturated rings. The molecule has 21 heavy (non-hydrogen) atoms. The molecule has 1 aliphatic carbocycles. The topological polar surface area (TPSA) is 79.8 Å². The number of hydrogen-bond donors (Lipinski definition) is 2. The fraction of sp³-hybridized carbons (Fsp3) is 0.929. The third-order valence-corrected chi connectivity index (χ3v) is 5.45. The summed E-state index contributed by atoms with van der Waals surface area (Å²) in [4.78, 5) is 4.20. The molecule has 0 amide bonds. The van der Waals surface area contributed by atoms with Crippen LogP contribution < -0.4 is 10.6 Å². The van der Waals surface area contributed by atoms with Gasteiger partial charge in [0, 0.05) is 38.4 Å². The first-order chi connectivity index (χ1) is 9.76. The van der Waals surface area contributed by atoms with Crippen LogP contribution in [0.2, 0.25) is 0 Å². The second-order valence-electron chi connectivity index (χ2n) is 6.75. The van der Waals surface area contributed by atoms with Crippen molar-refractivity contribution in [3.05, 3.63) is 0 Å². The van der Waals surface area contributed by atoms with Gasteiger partial charge in [-0.25, -0.2) is 8.42 Å². The van der Waals surface area contributed by atoms with E-state index < -0.39 is 9.84 Å². The van der Waals surface area contributed by atoms with Crippen LogP contribution in [0.5, 0.6) is 0 Å². The lowest BCUT2D eigenvalue weighted by Gasteiger charge is -2.25. The van der Waals surface area contributed by atoms with E-state index in [-0.39, 0.29) is 16.8 Å². The van der Waals surface area contributed by atoms with Crippen molar-refractivity contribution in [2.75, 3.05) is 38.8 Å². The molecule has 6 nitrogen and oxygen atoms in total. The number of nitrogens with one attached hydrogen (secondary N) is 2. The van der Waals surface area contributed by atoms with Gasteiger partial charge in [-0.2, -0.15) is 0 Å². The smallest absolute Gasteiger partial charge is 0.191 e. The molecule has 0 bridgehead atoms. The van der Waals surface area contributed by atoms with Crippen molar-refractivity contribution in [3.8, 4) is 0 Å². The Labute approximate surface area is 127 Å². The van der Waals surface area contributed by atoms with E-state index in [1.807, 2.05) is 0 Å². The van der Waals surface area contributed by atoms with Crippen LogP contribution in [0.15, 0.2) is 4.99 Å². The monoisotopic (exact) mass is 317 g/mol. The summed E-state index contributed by atoms with van der Waals surface area (Å²) in [6.45, 7) is 4.29. The Hall–Kier alpha value is -0.820. The van der Waals surface area contributed by atoms with Crippen LogP contribution in [0.1, 0.15) is 32.6 Å². The Morgan fingerprint density at radius 3 is 2.38 bits per heavy atom. The van der Waals surface area contributed by atoms with Crippen LogP contribution in [-0.4, -0.2) is 58.7 Å². The van der Waals surface area contributed by atoms with E-state index in [9.17, 15) is 8.42 Å². The zero-order chi connectivity index (χ0) is 15.6. The minimum Gasteiger partial charge on any atom is -0.373 e. The Morgan fingerprint density at radius 2 is 1.90 bits per heavy atom. The van der Waals surface area contributed by atoms with Crippen LogP contribution in [0.4, 0.5) is 0 Å². The van der Waals surface area contributed by atoms with E-state index in [0.29, 0.717) is 19.0 Å². The Kier molecular flexibility index (Phi) is 4.82. The SMILES string of the molecule is CN=C(NCC1(CS(C)(=O)=O)CC1)NCC1(C)CCCO1. The molecule has 1 atom stereocenters. The van der Waals surface area contributed by atoms with E-state index in [0.717, 1.165) is 32.3 Å². The van der Waals surface area contributed by atoms with E-state index >= 15 is 0 Å². The van der Waals surface area contributed by atoms with Gasteiger partial charge in [0.1, 0.15) is 9.84 Å². The molecule has 2 N–H and O–H groups in total. The number of sulfone groups is 1. The summed E-state index contributed by atoms with van der Waals surface area (Å²) in [6.07, 6.45) is 5.38. The number of nitrogens with zero attached hydrogens (tertiary/aromatic N) is 1. The molecule has 1 heterocycles. The van der Waals surface area contributed by atoms with Gasteiger partial charge >= 0.3 is 0 Å². The molecular formula is C14H27N3O3S. The van der Waals surface area contributed by atoms with Crippen LogP contribution in [0.25, 0.3) is 0 Å². The average Bonchev–Trinajstić information content (AvgIpc) is 2.98. The molecule has 1 aliphatic heterocycles. The zero-order valence-corrected chi connectivity index (χ0v) is 14.1. The number of guanidine groups is 1. The molecule has 0 radical (unpaired) electrons. The first kappa shape index (κ1) is 16.5. The van der Waals surface area contributed by atoms with E-state index in [4.69, 9.17) is 4.74 Å². The summed E-state index contributed by atoms with van der Waals surface area (Å²) in [6, 6.07) is 0. The van der Waals surface area contributed by atoms with Crippen molar-refractivity contribution >= 4 is 15.8 Å². The largest absolute Gasteiger partial charge is 0.373 e. The molecule has 2 aliphatic rings. The number of aliphatic imine (C=N–C) groups is 1. The summed E-state index contributed by atoms with van der Waals surface area (Å²) >= 11 is 0.